The number of thiocarbonyl (C=S) groups is 1. The number of hydrogen-bond acceptors (Lipinski definition) is 1. The highest BCUT2D eigenvalue weighted by molar-refractivity contribution is 7.80. The van der Waals surface area contributed by atoms with E-state index < -0.39 is 0 Å². The molecule has 1 aliphatic heterocycles. The molecule has 0 radical (unpaired) electrons. The van der Waals surface area contributed by atoms with Crippen LogP contribution in [0.1, 0.15) is 19.8 Å². The van der Waals surface area contributed by atoms with Crippen LogP contribution in [0.4, 0.5) is 5.69 Å². The number of piperidine rings is 1. The van der Waals surface area contributed by atoms with Crippen molar-refractivity contribution < 1.29 is 4.90 Å². The summed E-state index contributed by atoms with van der Waals surface area (Å²) in [5.41, 5.74) is 0.971. The van der Waals surface area contributed by atoms with Crippen LogP contribution >= 0.6 is 23.8 Å². The summed E-state index contributed by atoms with van der Waals surface area (Å²) in [5, 5.41) is 8.03. The predicted octanol–water partition coefficient (Wildman–Crippen LogP) is 1.69. The molecule has 0 aromatic heterocycles. The van der Waals surface area contributed by atoms with Crippen molar-refractivity contribution in [3.05, 3.63) is 29.3 Å². The summed E-state index contributed by atoms with van der Waals surface area (Å²) in [4.78, 5) is 1.69. The first-order valence-corrected chi connectivity index (χ1v) is 7.62. The van der Waals surface area contributed by atoms with Crippen LogP contribution in [0.3, 0.4) is 0 Å². The number of rotatable bonds is 3. The monoisotopic (exact) mass is 298 g/mol. The van der Waals surface area contributed by atoms with Crippen molar-refractivity contribution >= 4 is 34.6 Å². The summed E-state index contributed by atoms with van der Waals surface area (Å²) in [6.07, 6.45) is 2.37. The van der Waals surface area contributed by atoms with E-state index in [9.17, 15) is 0 Å². The Labute approximate surface area is 125 Å². The van der Waals surface area contributed by atoms with Crippen molar-refractivity contribution in [1.29, 1.82) is 0 Å². The van der Waals surface area contributed by atoms with Crippen LogP contribution in [0, 0.1) is 0 Å². The lowest BCUT2D eigenvalue weighted by atomic mass is 10.1. The van der Waals surface area contributed by atoms with E-state index in [0.29, 0.717) is 11.2 Å². The van der Waals surface area contributed by atoms with E-state index in [1.165, 1.54) is 32.5 Å². The fourth-order valence-electron chi connectivity index (χ4n) is 2.41. The molecule has 2 rings (SSSR count). The zero-order valence-electron chi connectivity index (χ0n) is 11.2. The fourth-order valence-corrected chi connectivity index (χ4v) is 2.82. The average Bonchev–Trinajstić information content (AvgIpc) is 2.42. The molecule has 1 saturated heterocycles. The van der Waals surface area contributed by atoms with Crippen LogP contribution < -0.4 is 15.5 Å². The van der Waals surface area contributed by atoms with Gasteiger partial charge in [-0.25, -0.2) is 0 Å². The van der Waals surface area contributed by atoms with Gasteiger partial charge in [0, 0.05) is 29.6 Å². The number of quaternary nitrogens is 1. The maximum Gasteiger partial charge on any atom is 0.171 e. The van der Waals surface area contributed by atoms with Crippen LogP contribution in [0.25, 0.3) is 0 Å². The Morgan fingerprint density at radius 3 is 2.53 bits per heavy atom. The Hall–Kier alpha value is -0.840. The van der Waals surface area contributed by atoms with Gasteiger partial charge in [0.2, 0.25) is 0 Å². The number of halogens is 1. The Morgan fingerprint density at radius 2 is 1.95 bits per heavy atom. The Balaban J connectivity index is 1.77. The molecule has 1 aliphatic rings. The molecule has 0 aliphatic carbocycles. The molecule has 104 valence electrons. The normalized spacial score (nSPS) is 22.8. The summed E-state index contributed by atoms with van der Waals surface area (Å²) in [6.45, 7) is 5.94. The third kappa shape index (κ3) is 4.64. The second-order valence-corrected chi connectivity index (χ2v) is 5.83. The van der Waals surface area contributed by atoms with E-state index in [-0.39, 0.29) is 0 Å². The number of nitrogens with one attached hydrogen (secondary N) is 3. The molecule has 1 aromatic rings. The van der Waals surface area contributed by atoms with E-state index in [4.69, 9.17) is 23.8 Å². The predicted molar refractivity (Wildman–Crippen MR) is 85.1 cm³/mol. The van der Waals surface area contributed by atoms with Gasteiger partial charge in [-0.15, -0.1) is 0 Å². The van der Waals surface area contributed by atoms with Gasteiger partial charge in [-0.05, 0) is 43.4 Å². The molecule has 1 aromatic carbocycles. The summed E-state index contributed by atoms with van der Waals surface area (Å²) in [7, 11) is 0. The molecule has 19 heavy (non-hydrogen) atoms. The van der Waals surface area contributed by atoms with Gasteiger partial charge in [-0.3, -0.25) is 0 Å². The molecule has 0 atom stereocenters. The lowest BCUT2D eigenvalue weighted by Crippen LogP contribution is -3.13. The molecule has 0 spiro atoms. The lowest BCUT2D eigenvalue weighted by Gasteiger charge is -2.29. The third-order valence-corrected chi connectivity index (χ3v) is 4.10. The molecule has 1 heterocycles. The molecule has 0 amide bonds. The van der Waals surface area contributed by atoms with Crippen molar-refractivity contribution in [1.82, 2.24) is 5.32 Å². The standard InChI is InChI=1S/C14H20ClN3S/c1-2-18-9-7-13(8-10-18)17-14(19)16-12-5-3-11(15)4-6-12/h3-6,13H,2,7-10H2,1H3,(H2,16,17,19)/p+1. The van der Waals surface area contributed by atoms with Crippen molar-refractivity contribution in [3.63, 3.8) is 0 Å². The van der Waals surface area contributed by atoms with E-state index in [1.807, 2.05) is 24.3 Å². The van der Waals surface area contributed by atoms with Gasteiger partial charge in [0.25, 0.3) is 0 Å². The second-order valence-electron chi connectivity index (χ2n) is 4.98. The minimum Gasteiger partial charge on any atom is -0.359 e. The van der Waals surface area contributed by atoms with Gasteiger partial charge >= 0.3 is 0 Å². The first-order valence-electron chi connectivity index (χ1n) is 6.84. The molecule has 3 nitrogen and oxygen atoms in total. The molecule has 0 saturated carbocycles. The van der Waals surface area contributed by atoms with Crippen LogP contribution in [-0.2, 0) is 0 Å². The topological polar surface area (TPSA) is 28.5 Å². The molecular formula is C14H21ClN3S+. The average molecular weight is 299 g/mol. The minimum atomic E-state index is 0.502. The van der Waals surface area contributed by atoms with E-state index in [2.05, 4.69) is 17.6 Å². The quantitative estimate of drug-likeness (QED) is 0.742. The molecule has 0 bridgehead atoms. The molecule has 3 N–H and O–H groups in total. The van der Waals surface area contributed by atoms with Gasteiger partial charge in [-0.2, -0.15) is 0 Å². The maximum absolute atomic E-state index is 5.85. The summed E-state index contributed by atoms with van der Waals surface area (Å²) in [5.74, 6) is 0. The van der Waals surface area contributed by atoms with E-state index >= 15 is 0 Å². The van der Waals surface area contributed by atoms with E-state index in [1.54, 1.807) is 4.90 Å². The summed E-state index contributed by atoms with van der Waals surface area (Å²) in [6, 6.07) is 8.08. The second kappa shape index (κ2) is 7.08. The largest absolute Gasteiger partial charge is 0.359 e. The van der Waals surface area contributed by atoms with Crippen LogP contribution in [-0.4, -0.2) is 30.8 Å². The molecule has 0 unspecified atom stereocenters. The van der Waals surface area contributed by atoms with E-state index in [0.717, 1.165) is 10.7 Å². The highest BCUT2D eigenvalue weighted by Crippen LogP contribution is 2.13. The zero-order valence-corrected chi connectivity index (χ0v) is 12.8. The Morgan fingerprint density at radius 1 is 1.32 bits per heavy atom. The number of benzene rings is 1. The van der Waals surface area contributed by atoms with Gasteiger partial charge in [-0.1, -0.05) is 11.6 Å². The highest BCUT2D eigenvalue weighted by Gasteiger charge is 2.21. The van der Waals surface area contributed by atoms with Gasteiger partial charge in [0.15, 0.2) is 5.11 Å². The maximum atomic E-state index is 5.85. The smallest absolute Gasteiger partial charge is 0.171 e. The van der Waals surface area contributed by atoms with Gasteiger partial charge < -0.3 is 15.5 Å². The number of likely N-dealkylation sites (tertiary alicyclic amines) is 1. The summed E-state index contributed by atoms with van der Waals surface area (Å²) < 4.78 is 0. The lowest BCUT2D eigenvalue weighted by molar-refractivity contribution is -0.903. The van der Waals surface area contributed by atoms with Crippen molar-refractivity contribution in [2.24, 2.45) is 0 Å². The third-order valence-electron chi connectivity index (χ3n) is 3.63. The minimum absolute atomic E-state index is 0.502. The van der Waals surface area contributed by atoms with Crippen molar-refractivity contribution in [2.75, 3.05) is 25.0 Å². The van der Waals surface area contributed by atoms with Gasteiger partial charge in [0.05, 0.1) is 19.6 Å². The first kappa shape index (κ1) is 14.6. The van der Waals surface area contributed by atoms with Crippen molar-refractivity contribution in [2.45, 2.75) is 25.8 Å². The molecule has 1 fully saturated rings. The highest BCUT2D eigenvalue weighted by atomic mass is 35.5. The summed E-state index contributed by atoms with van der Waals surface area (Å²) >= 11 is 11.2. The van der Waals surface area contributed by atoms with Gasteiger partial charge in [0.1, 0.15) is 0 Å². The van der Waals surface area contributed by atoms with Crippen LogP contribution in [0.2, 0.25) is 5.02 Å². The van der Waals surface area contributed by atoms with Crippen molar-refractivity contribution in [3.8, 4) is 0 Å². The molecule has 5 heteroatoms. The van der Waals surface area contributed by atoms with Crippen LogP contribution in [0.5, 0.6) is 0 Å². The molecular weight excluding hydrogens is 278 g/mol. The number of hydrogen-bond donors (Lipinski definition) is 3. The fraction of sp³-hybridized carbons (Fsp3) is 0.500. The first-order chi connectivity index (χ1) is 9.17. The van der Waals surface area contributed by atoms with Crippen LogP contribution in [0.15, 0.2) is 24.3 Å². The SMILES string of the molecule is CC[NH+]1CCC(NC(=S)Nc2ccc(Cl)cc2)CC1. The Bertz CT molecular complexity index is 413. The Kier molecular flexibility index (Phi) is 5.43. The number of anilines is 1. The zero-order chi connectivity index (χ0) is 13.7.